The van der Waals surface area contributed by atoms with Crippen molar-refractivity contribution in [1.29, 1.82) is 0 Å². The van der Waals surface area contributed by atoms with Crippen LogP contribution in [-0.4, -0.2) is 29.2 Å². The zero-order chi connectivity index (χ0) is 19.4. The molecular weight excluding hydrogens is 377 g/mol. The third-order valence-corrected chi connectivity index (χ3v) is 5.26. The smallest absolute Gasteiger partial charge is 0.303 e. The Labute approximate surface area is 158 Å². The van der Waals surface area contributed by atoms with E-state index < -0.39 is 23.4 Å². The molecule has 142 valence electrons. The highest BCUT2D eigenvalue weighted by Crippen LogP contribution is 2.33. The highest BCUT2D eigenvalue weighted by atomic mass is 32.2. The maximum atomic E-state index is 14.2. The van der Waals surface area contributed by atoms with E-state index in [1.165, 1.54) is 12.1 Å². The van der Waals surface area contributed by atoms with Gasteiger partial charge in [0.05, 0.1) is 0 Å². The van der Waals surface area contributed by atoms with Gasteiger partial charge >= 0.3 is 5.97 Å². The number of carbonyl (C=O) groups is 1. The lowest BCUT2D eigenvalue weighted by Crippen LogP contribution is -2.07. The van der Waals surface area contributed by atoms with Gasteiger partial charge in [0.15, 0.2) is 17.4 Å². The Kier molecular flexibility index (Phi) is 6.11. The molecule has 0 amide bonds. The van der Waals surface area contributed by atoms with Crippen LogP contribution < -0.4 is 4.74 Å². The second-order valence-corrected chi connectivity index (χ2v) is 7.14. The van der Waals surface area contributed by atoms with Crippen molar-refractivity contribution in [3.05, 3.63) is 70.5 Å². The fourth-order valence-corrected chi connectivity index (χ4v) is 4.02. The van der Waals surface area contributed by atoms with Gasteiger partial charge in [-0.2, -0.15) is 11.8 Å². The Morgan fingerprint density at radius 2 is 1.74 bits per heavy atom. The topological polar surface area (TPSA) is 46.5 Å². The standard InChI is InChI=1S/C20H17F3O3S/c21-15-4-2-13(3-5-15)16-11-27-10-14(16)9-26-20-17(22)7-12(8-18(20)23)1-6-19(24)25/h2-5,7-8H,1,6,9-11H2,(H,24,25). The minimum atomic E-state index is -1.03. The number of aryl methyl sites for hydroxylation is 1. The van der Waals surface area contributed by atoms with E-state index in [1.54, 1.807) is 23.9 Å². The van der Waals surface area contributed by atoms with Crippen LogP contribution in [0.25, 0.3) is 5.57 Å². The van der Waals surface area contributed by atoms with Crippen molar-refractivity contribution < 1.29 is 27.8 Å². The molecule has 1 heterocycles. The van der Waals surface area contributed by atoms with E-state index in [0.717, 1.165) is 34.6 Å². The number of hydrogen-bond acceptors (Lipinski definition) is 3. The summed E-state index contributed by atoms with van der Waals surface area (Å²) in [6.45, 7) is 0.0298. The Hall–Kier alpha value is -2.41. The highest BCUT2D eigenvalue weighted by molar-refractivity contribution is 8.00. The van der Waals surface area contributed by atoms with Gasteiger partial charge < -0.3 is 9.84 Å². The summed E-state index contributed by atoms with van der Waals surface area (Å²) in [5.74, 6) is -2.15. The second kappa shape index (κ2) is 8.52. The number of ether oxygens (including phenoxy) is 1. The summed E-state index contributed by atoms with van der Waals surface area (Å²) in [6.07, 6.45) is -0.163. The van der Waals surface area contributed by atoms with Gasteiger partial charge in [-0.15, -0.1) is 0 Å². The molecule has 0 aromatic heterocycles. The van der Waals surface area contributed by atoms with E-state index in [-0.39, 0.29) is 30.8 Å². The largest absolute Gasteiger partial charge is 0.483 e. The fourth-order valence-electron chi connectivity index (χ4n) is 2.84. The number of hydrogen-bond donors (Lipinski definition) is 1. The van der Waals surface area contributed by atoms with Gasteiger partial charge in [-0.3, -0.25) is 4.79 Å². The van der Waals surface area contributed by atoms with Crippen LogP contribution in [0.3, 0.4) is 0 Å². The highest BCUT2D eigenvalue weighted by Gasteiger charge is 2.19. The van der Waals surface area contributed by atoms with Crippen molar-refractivity contribution in [3.63, 3.8) is 0 Å². The number of benzene rings is 2. The number of rotatable bonds is 7. The lowest BCUT2D eigenvalue weighted by molar-refractivity contribution is -0.136. The van der Waals surface area contributed by atoms with E-state index in [1.807, 2.05) is 0 Å². The van der Waals surface area contributed by atoms with Gasteiger partial charge in [0.25, 0.3) is 0 Å². The molecule has 0 saturated heterocycles. The zero-order valence-corrected chi connectivity index (χ0v) is 15.1. The molecule has 3 nitrogen and oxygen atoms in total. The first-order valence-corrected chi connectivity index (χ1v) is 9.46. The molecular formula is C20H17F3O3S. The van der Waals surface area contributed by atoms with E-state index in [2.05, 4.69) is 0 Å². The Morgan fingerprint density at radius 1 is 1.07 bits per heavy atom. The van der Waals surface area contributed by atoms with Crippen molar-refractivity contribution in [3.8, 4) is 5.75 Å². The molecule has 1 aliphatic heterocycles. The van der Waals surface area contributed by atoms with Gasteiger partial charge in [0.1, 0.15) is 12.4 Å². The third-order valence-electron chi connectivity index (χ3n) is 4.22. The Bertz CT molecular complexity index is 856. The molecule has 2 aromatic carbocycles. The van der Waals surface area contributed by atoms with Crippen LogP contribution in [0, 0.1) is 17.5 Å². The van der Waals surface area contributed by atoms with Crippen molar-refractivity contribution in [1.82, 2.24) is 0 Å². The first kappa shape index (κ1) is 19.4. The maximum Gasteiger partial charge on any atom is 0.303 e. The SMILES string of the molecule is O=C(O)CCc1cc(F)c(OCC2=C(c3ccc(F)cc3)CSC2)c(F)c1. The number of carboxylic acid groups (broad SMARTS) is 1. The molecule has 1 aliphatic rings. The van der Waals surface area contributed by atoms with Gasteiger partial charge in [-0.1, -0.05) is 12.1 Å². The molecule has 1 N–H and O–H groups in total. The lowest BCUT2D eigenvalue weighted by atomic mass is 10.0. The van der Waals surface area contributed by atoms with Crippen molar-refractivity contribution in [2.75, 3.05) is 18.1 Å². The molecule has 0 bridgehead atoms. The second-order valence-electron chi connectivity index (χ2n) is 6.15. The van der Waals surface area contributed by atoms with Crippen LogP contribution in [0.4, 0.5) is 13.2 Å². The van der Waals surface area contributed by atoms with E-state index in [4.69, 9.17) is 9.84 Å². The van der Waals surface area contributed by atoms with Crippen LogP contribution in [0.1, 0.15) is 17.5 Å². The minimum absolute atomic E-state index is 0.0298. The van der Waals surface area contributed by atoms with Gasteiger partial charge in [0, 0.05) is 17.9 Å². The molecule has 0 saturated carbocycles. The fraction of sp³-hybridized carbons (Fsp3) is 0.250. The number of thioether (sulfide) groups is 1. The number of carboxylic acids is 1. The summed E-state index contributed by atoms with van der Waals surface area (Å²) in [5.41, 5.74) is 3.02. The van der Waals surface area contributed by atoms with E-state index in [9.17, 15) is 18.0 Å². The first-order chi connectivity index (χ1) is 12.9. The average Bonchev–Trinajstić information content (AvgIpc) is 3.08. The van der Waals surface area contributed by atoms with Gasteiger partial charge in [0.2, 0.25) is 0 Å². The summed E-state index contributed by atoms with van der Waals surface area (Å²) >= 11 is 1.65. The van der Waals surface area contributed by atoms with Crippen LogP contribution in [0.5, 0.6) is 5.75 Å². The van der Waals surface area contributed by atoms with Crippen LogP contribution in [-0.2, 0) is 11.2 Å². The van der Waals surface area contributed by atoms with Gasteiger partial charge in [-0.25, -0.2) is 13.2 Å². The summed E-state index contributed by atoms with van der Waals surface area (Å²) in [6, 6.07) is 8.29. The number of aliphatic carboxylic acids is 1. The monoisotopic (exact) mass is 394 g/mol. The predicted octanol–water partition coefficient (Wildman–Crippen LogP) is 4.70. The molecule has 2 aromatic rings. The zero-order valence-electron chi connectivity index (χ0n) is 14.3. The molecule has 7 heteroatoms. The van der Waals surface area contributed by atoms with Crippen molar-refractivity contribution in [2.45, 2.75) is 12.8 Å². The molecule has 0 radical (unpaired) electrons. The van der Waals surface area contributed by atoms with E-state index >= 15 is 0 Å². The lowest BCUT2D eigenvalue weighted by Gasteiger charge is -2.12. The normalized spacial score (nSPS) is 13.9. The average molecular weight is 394 g/mol. The maximum absolute atomic E-state index is 14.2. The molecule has 27 heavy (non-hydrogen) atoms. The molecule has 0 aliphatic carbocycles. The quantitative estimate of drug-likeness (QED) is 0.740. The Balaban J connectivity index is 1.74. The minimum Gasteiger partial charge on any atom is -0.483 e. The molecule has 0 unspecified atom stereocenters. The molecule has 0 atom stereocenters. The van der Waals surface area contributed by atoms with Crippen molar-refractivity contribution in [2.24, 2.45) is 0 Å². The van der Waals surface area contributed by atoms with Crippen LogP contribution >= 0.6 is 11.8 Å². The summed E-state index contributed by atoms with van der Waals surface area (Å²) < 4.78 is 46.9. The van der Waals surface area contributed by atoms with E-state index in [0.29, 0.717) is 5.75 Å². The summed E-state index contributed by atoms with van der Waals surface area (Å²) in [4.78, 5) is 10.6. The van der Waals surface area contributed by atoms with Crippen molar-refractivity contribution >= 4 is 23.3 Å². The molecule has 3 rings (SSSR count). The summed E-state index contributed by atoms with van der Waals surface area (Å²) in [5, 5.41) is 8.67. The third kappa shape index (κ3) is 4.86. The molecule has 0 fully saturated rings. The van der Waals surface area contributed by atoms with Crippen LogP contribution in [0.2, 0.25) is 0 Å². The Morgan fingerprint density at radius 3 is 2.37 bits per heavy atom. The first-order valence-electron chi connectivity index (χ1n) is 8.31. The van der Waals surface area contributed by atoms with Crippen LogP contribution in [0.15, 0.2) is 42.0 Å². The predicted molar refractivity (Wildman–Crippen MR) is 98.5 cm³/mol. The summed E-state index contributed by atoms with van der Waals surface area (Å²) in [7, 11) is 0. The molecule has 0 spiro atoms. The van der Waals surface area contributed by atoms with Gasteiger partial charge in [-0.05, 0) is 53.0 Å². The number of halogens is 3.